The summed E-state index contributed by atoms with van der Waals surface area (Å²) in [5.74, 6) is 0.680. The van der Waals surface area contributed by atoms with Crippen molar-refractivity contribution in [2.45, 2.75) is 6.61 Å². The number of carbonyl (C=O) groups is 1. The molecule has 0 aromatic heterocycles. The maximum absolute atomic E-state index is 13.0. The molecule has 3 aromatic rings. The fraction of sp³-hybridized carbons (Fsp3) is 0.0833. The number of thioether (sulfide) groups is 1. The van der Waals surface area contributed by atoms with E-state index in [0.717, 1.165) is 0 Å². The zero-order valence-electron chi connectivity index (χ0n) is 17.5. The molecule has 1 heterocycles. The first kappa shape index (κ1) is 22.5. The Balaban J connectivity index is 1.58. The number of methoxy groups -OCH3 is 1. The van der Waals surface area contributed by atoms with Gasteiger partial charge >= 0.3 is 0 Å². The third kappa shape index (κ3) is 4.89. The Morgan fingerprint density at radius 1 is 1.06 bits per heavy atom. The average molecular weight is 479 g/mol. The molecule has 1 saturated heterocycles. The topological polar surface area (TPSA) is 81.9 Å². The van der Waals surface area contributed by atoms with Gasteiger partial charge in [0.15, 0.2) is 15.8 Å². The van der Waals surface area contributed by atoms with E-state index in [2.05, 4.69) is 0 Å². The molecule has 0 aliphatic carbocycles. The van der Waals surface area contributed by atoms with E-state index >= 15 is 0 Å². The predicted octanol–water partition coefficient (Wildman–Crippen LogP) is 5.59. The first-order valence-electron chi connectivity index (χ1n) is 9.84. The first-order chi connectivity index (χ1) is 16.0. The quantitative estimate of drug-likeness (QED) is 0.190. The second-order valence-corrected chi connectivity index (χ2v) is 8.61. The number of thiocarbonyl (C=S) groups is 1. The standard InChI is InChI=1S/C24H18N2O5S2/c1-30-20-12-11-16(13-21(20)31-15-17-7-5-6-10-19(17)26(28)29)14-22-23(27)25(24(32)33-22)18-8-3-2-4-9-18/h2-14H,15H2,1H3/b22-14+. The molecule has 1 aliphatic rings. The molecular formula is C24H18N2O5S2. The SMILES string of the molecule is COc1ccc(/C=C2/SC(=S)N(c3ccccc3)C2=O)cc1OCc1ccccc1[N+](=O)[O-]. The van der Waals surface area contributed by atoms with Crippen LogP contribution in [0.2, 0.25) is 0 Å². The van der Waals surface area contributed by atoms with Crippen LogP contribution in [0.25, 0.3) is 6.08 Å². The molecule has 0 N–H and O–H groups in total. The number of rotatable bonds is 7. The summed E-state index contributed by atoms with van der Waals surface area (Å²) in [7, 11) is 1.51. The van der Waals surface area contributed by atoms with Crippen LogP contribution in [0.1, 0.15) is 11.1 Å². The molecule has 0 radical (unpaired) electrons. The maximum atomic E-state index is 13.0. The van der Waals surface area contributed by atoms with E-state index in [-0.39, 0.29) is 18.2 Å². The second-order valence-electron chi connectivity index (χ2n) is 6.94. The van der Waals surface area contributed by atoms with Crippen molar-refractivity contribution < 1.29 is 19.2 Å². The number of nitrogens with zero attached hydrogens (tertiary/aromatic N) is 2. The number of nitro benzene ring substituents is 1. The van der Waals surface area contributed by atoms with Crippen LogP contribution < -0.4 is 14.4 Å². The Morgan fingerprint density at radius 2 is 1.79 bits per heavy atom. The highest BCUT2D eigenvalue weighted by molar-refractivity contribution is 8.27. The van der Waals surface area contributed by atoms with Crippen LogP contribution in [0.5, 0.6) is 11.5 Å². The molecule has 0 unspecified atom stereocenters. The van der Waals surface area contributed by atoms with Crippen molar-refractivity contribution in [1.29, 1.82) is 0 Å². The summed E-state index contributed by atoms with van der Waals surface area (Å²) in [6, 6.07) is 20.9. The van der Waals surface area contributed by atoms with Gasteiger partial charge in [0.25, 0.3) is 11.6 Å². The summed E-state index contributed by atoms with van der Waals surface area (Å²) >= 11 is 6.64. The highest BCUT2D eigenvalue weighted by Crippen LogP contribution is 2.37. The Morgan fingerprint density at radius 3 is 2.52 bits per heavy atom. The minimum absolute atomic E-state index is 0.00686. The van der Waals surface area contributed by atoms with E-state index in [1.54, 1.807) is 42.5 Å². The molecule has 3 aromatic carbocycles. The Bertz CT molecular complexity index is 1260. The Labute approximate surface area is 199 Å². The number of hydrogen-bond donors (Lipinski definition) is 0. The fourth-order valence-electron chi connectivity index (χ4n) is 3.28. The molecular weight excluding hydrogens is 460 g/mol. The van der Waals surface area contributed by atoms with Gasteiger partial charge in [0.1, 0.15) is 6.61 Å². The van der Waals surface area contributed by atoms with Gasteiger partial charge in [-0.3, -0.25) is 19.8 Å². The molecule has 166 valence electrons. The monoisotopic (exact) mass is 478 g/mol. The molecule has 0 atom stereocenters. The Hall–Kier alpha value is -3.69. The van der Waals surface area contributed by atoms with E-state index in [1.807, 2.05) is 30.3 Å². The van der Waals surface area contributed by atoms with Crippen LogP contribution in [0, 0.1) is 10.1 Å². The highest BCUT2D eigenvalue weighted by atomic mass is 32.2. The van der Waals surface area contributed by atoms with E-state index < -0.39 is 4.92 Å². The average Bonchev–Trinajstić information content (AvgIpc) is 3.11. The Kier molecular flexibility index (Phi) is 6.71. The van der Waals surface area contributed by atoms with Crippen LogP contribution >= 0.6 is 24.0 Å². The number of benzene rings is 3. The van der Waals surface area contributed by atoms with Gasteiger partial charge in [-0.2, -0.15) is 0 Å². The number of para-hydroxylation sites is 2. The molecule has 33 heavy (non-hydrogen) atoms. The summed E-state index contributed by atoms with van der Waals surface area (Å²) < 4.78 is 11.7. The number of ether oxygens (including phenoxy) is 2. The molecule has 1 aliphatic heterocycles. The first-order valence-corrected chi connectivity index (χ1v) is 11.1. The predicted molar refractivity (Wildman–Crippen MR) is 133 cm³/mol. The van der Waals surface area contributed by atoms with Crippen molar-refractivity contribution in [3.63, 3.8) is 0 Å². The zero-order valence-corrected chi connectivity index (χ0v) is 19.1. The molecule has 1 amide bonds. The largest absolute Gasteiger partial charge is 0.493 e. The molecule has 7 nitrogen and oxygen atoms in total. The molecule has 9 heteroatoms. The molecule has 0 saturated carbocycles. The lowest BCUT2D eigenvalue weighted by Gasteiger charge is -2.14. The summed E-state index contributed by atoms with van der Waals surface area (Å²) in [5, 5.41) is 11.3. The lowest BCUT2D eigenvalue weighted by Crippen LogP contribution is -2.27. The van der Waals surface area contributed by atoms with Gasteiger partial charge in [0.2, 0.25) is 0 Å². The van der Waals surface area contributed by atoms with E-state index in [9.17, 15) is 14.9 Å². The lowest BCUT2D eigenvalue weighted by atomic mass is 10.1. The minimum Gasteiger partial charge on any atom is -0.493 e. The van der Waals surface area contributed by atoms with Crippen LogP contribution in [0.4, 0.5) is 11.4 Å². The normalized spacial score (nSPS) is 14.6. The smallest absolute Gasteiger partial charge is 0.276 e. The van der Waals surface area contributed by atoms with Crippen LogP contribution in [-0.4, -0.2) is 22.3 Å². The maximum Gasteiger partial charge on any atom is 0.276 e. The van der Waals surface area contributed by atoms with Crippen LogP contribution in [0.15, 0.2) is 77.7 Å². The number of hydrogen-bond acceptors (Lipinski definition) is 7. The van der Waals surface area contributed by atoms with Crippen molar-refractivity contribution in [3.05, 3.63) is 98.9 Å². The summed E-state index contributed by atoms with van der Waals surface area (Å²) in [5.41, 5.74) is 1.85. The van der Waals surface area contributed by atoms with Gasteiger partial charge in [-0.15, -0.1) is 0 Å². The van der Waals surface area contributed by atoms with Crippen molar-refractivity contribution in [1.82, 2.24) is 0 Å². The minimum atomic E-state index is -0.443. The van der Waals surface area contributed by atoms with Gasteiger partial charge in [0.05, 0.1) is 28.2 Å². The third-order valence-corrected chi connectivity index (χ3v) is 6.17. The second kappa shape index (κ2) is 9.85. The third-order valence-electron chi connectivity index (χ3n) is 4.87. The van der Waals surface area contributed by atoms with Gasteiger partial charge in [0, 0.05) is 6.07 Å². The summed E-state index contributed by atoms with van der Waals surface area (Å²) in [6.45, 7) is -0.00686. The van der Waals surface area contributed by atoms with Crippen LogP contribution in [-0.2, 0) is 11.4 Å². The van der Waals surface area contributed by atoms with Gasteiger partial charge < -0.3 is 9.47 Å². The number of carbonyl (C=O) groups excluding carboxylic acids is 1. The number of amides is 1. The fourth-order valence-corrected chi connectivity index (χ4v) is 4.58. The number of anilines is 1. The van der Waals surface area contributed by atoms with Crippen molar-refractivity contribution >= 4 is 51.7 Å². The van der Waals surface area contributed by atoms with Gasteiger partial charge in [-0.05, 0) is 42.0 Å². The van der Waals surface area contributed by atoms with Crippen molar-refractivity contribution in [2.75, 3.05) is 12.0 Å². The summed E-state index contributed by atoms with van der Waals surface area (Å²) in [6.07, 6.45) is 1.74. The van der Waals surface area contributed by atoms with E-state index in [4.69, 9.17) is 21.7 Å². The molecule has 4 rings (SSSR count). The van der Waals surface area contributed by atoms with E-state index in [1.165, 1.54) is 29.8 Å². The lowest BCUT2D eigenvalue weighted by molar-refractivity contribution is -0.385. The zero-order chi connectivity index (χ0) is 23.4. The summed E-state index contributed by atoms with van der Waals surface area (Å²) in [4.78, 5) is 25.8. The molecule has 0 bridgehead atoms. The van der Waals surface area contributed by atoms with Crippen molar-refractivity contribution in [3.8, 4) is 11.5 Å². The number of nitro groups is 1. The van der Waals surface area contributed by atoms with Gasteiger partial charge in [-0.25, -0.2) is 0 Å². The van der Waals surface area contributed by atoms with Crippen LogP contribution in [0.3, 0.4) is 0 Å². The molecule has 1 fully saturated rings. The van der Waals surface area contributed by atoms with Gasteiger partial charge in [-0.1, -0.05) is 60.4 Å². The highest BCUT2D eigenvalue weighted by Gasteiger charge is 2.33. The van der Waals surface area contributed by atoms with E-state index in [0.29, 0.717) is 37.5 Å². The van der Waals surface area contributed by atoms with Crippen molar-refractivity contribution in [2.24, 2.45) is 0 Å². The molecule has 0 spiro atoms.